The average Bonchev–Trinajstić information content (AvgIpc) is 2.96. The number of para-hydroxylation sites is 1. The van der Waals surface area contributed by atoms with E-state index in [9.17, 15) is 4.79 Å². The van der Waals surface area contributed by atoms with E-state index >= 15 is 0 Å². The van der Waals surface area contributed by atoms with E-state index in [-0.39, 0.29) is 5.91 Å². The first-order valence-corrected chi connectivity index (χ1v) is 7.79. The molecule has 1 aliphatic rings. The fourth-order valence-electron chi connectivity index (χ4n) is 2.99. The molecule has 1 aromatic carbocycles. The van der Waals surface area contributed by atoms with E-state index in [0.29, 0.717) is 17.9 Å². The number of H-pyrrole nitrogens is 1. The van der Waals surface area contributed by atoms with E-state index in [1.165, 1.54) is 0 Å². The number of anilines is 3. The van der Waals surface area contributed by atoms with Gasteiger partial charge < -0.3 is 21.4 Å². The van der Waals surface area contributed by atoms with Crippen LogP contribution in [0.15, 0.2) is 48.7 Å². The molecule has 5 N–H and O–H groups in total. The largest absolute Gasteiger partial charge is 0.384 e. The first-order chi connectivity index (χ1) is 11.7. The number of hydrogen-bond donors (Lipinski definition) is 4. The molecular weight excluding hydrogens is 302 g/mol. The Balaban J connectivity index is 1.88. The van der Waals surface area contributed by atoms with Crippen LogP contribution in [0.4, 0.5) is 17.2 Å². The second-order valence-electron chi connectivity index (χ2n) is 5.69. The highest BCUT2D eigenvalue weighted by molar-refractivity contribution is 6.06. The third kappa shape index (κ3) is 2.48. The molecule has 0 saturated heterocycles. The van der Waals surface area contributed by atoms with Crippen molar-refractivity contribution >= 4 is 23.1 Å². The summed E-state index contributed by atoms with van der Waals surface area (Å²) in [4.78, 5) is 19.8. The summed E-state index contributed by atoms with van der Waals surface area (Å²) >= 11 is 0. The summed E-state index contributed by atoms with van der Waals surface area (Å²) in [5, 5.41) is 6.28. The first-order valence-electron chi connectivity index (χ1n) is 7.79. The molecule has 0 aliphatic carbocycles. The third-order valence-electron chi connectivity index (χ3n) is 4.08. The molecule has 4 rings (SSSR count). The Kier molecular flexibility index (Phi) is 3.42. The highest BCUT2D eigenvalue weighted by Gasteiger charge is 2.26. The van der Waals surface area contributed by atoms with Crippen LogP contribution < -0.4 is 16.4 Å². The van der Waals surface area contributed by atoms with Gasteiger partial charge >= 0.3 is 0 Å². The number of carbonyl (C=O) groups is 1. The fraction of sp³-hybridized carbons (Fsp3) is 0.111. The molecule has 1 aliphatic heterocycles. The maximum absolute atomic E-state index is 12.4. The summed E-state index contributed by atoms with van der Waals surface area (Å²) in [6, 6.07) is 13.5. The SMILES string of the molecule is Nc1cc(-c2[nH]c3c(c2Nc2ccccc2)C(=O)NCC3)ccn1. The van der Waals surface area contributed by atoms with Crippen molar-refractivity contribution in [2.75, 3.05) is 17.6 Å². The van der Waals surface area contributed by atoms with Crippen molar-refractivity contribution in [2.45, 2.75) is 6.42 Å². The van der Waals surface area contributed by atoms with E-state index in [1.807, 2.05) is 36.4 Å². The van der Waals surface area contributed by atoms with Gasteiger partial charge in [-0.2, -0.15) is 0 Å². The Hall–Kier alpha value is -3.28. The van der Waals surface area contributed by atoms with Gasteiger partial charge in [0.2, 0.25) is 0 Å². The average molecular weight is 319 g/mol. The first kappa shape index (κ1) is 14.3. The molecule has 3 aromatic rings. The lowest BCUT2D eigenvalue weighted by molar-refractivity contribution is 0.0947. The molecule has 0 radical (unpaired) electrons. The highest BCUT2D eigenvalue weighted by atomic mass is 16.1. The molecule has 6 nitrogen and oxygen atoms in total. The number of aromatic nitrogens is 2. The van der Waals surface area contributed by atoms with E-state index in [2.05, 4.69) is 20.6 Å². The molecular formula is C18H17N5O. The monoisotopic (exact) mass is 319 g/mol. The minimum absolute atomic E-state index is 0.0702. The van der Waals surface area contributed by atoms with Crippen LogP contribution in [-0.2, 0) is 6.42 Å². The second-order valence-corrected chi connectivity index (χ2v) is 5.69. The van der Waals surface area contributed by atoms with Crippen LogP contribution in [0.5, 0.6) is 0 Å². The molecule has 120 valence electrons. The van der Waals surface area contributed by atoms with Gasteiger partial charge in [-0.3, -0.25) is 4.79 Å². The van der Waals surface area contributed by atoms with Gasteiger partial charge in [0.15, 0.2) is 0 Å². The van der Waals surface area contributed by atoms with Crippen LogP contribution >= 0.6 is 0 Å². The van der Waals surface area contributed by atoms with Crippen molar-refractivity contribution < 1.29 is 4.79 Å². The van der Waals surface area contributed by atoms with Gasteiger partial charge in [-0.1, -0.05) is 18.2 Å². The number of nitrogens with zero attached hydrogens (tertiary/aromatic N) is 1. The number of nitrogen functional groups attached to an aromatic ring is 1. The zero-order valence-corrected chi connectivity index (χ0v) is 13.0. The normalized spacial score (nSPS) is 13.2. The summed E-state index contributed by atoms with van der Waals surface area (Å²) < 4.78 is 0. The van der Waals surface area contributed by atoms with Gasteiger partial charge in [-0.25, -0.2) is 4.98 Å². The quantitative estimate of drug-likeness (QED) is 0.597. The molecule has 1 amide bonds. The fourth-order valence-corrected chi connectivity index (χ4v) is 2.99. The highest BCUT2D eigenvalue weighted by Crippen LogP contribution is 2.36. The lowest BCUT2D eigenvalue weighted by atomic mass is 10.1. The molecule has 0 fully saturated rings. The Labute approximate surface area is 139 Å². The zero-order chi connectivity index (χ0) is 16.5. The van der Waals surface area contributed by atoms with Crippen molar-refractivity contribution in [2.24, 2.45) is 0 Å². The van der Waals surface area contributed by atoms with E-state index in [4.69, 9.17) is 5.73 Å². The number of aromatic amines is 1. The van der Waals surface area contributed by atoms with Crippen LogP contribution in [0.25, 0.3) is 11.3 Å². The molecule has 0 saturated carbocycles. The minimum Gasteiger partial charge on any atom is -0.384 e. The van der Waals surface area contributed by atoms with Crippen LogP contribution in [0.3, 0.4) is 0 Å². The number of pyridine rings is 1. The number of nitrogens with two attached hydrogens (primary N) is 1. The summed E-state index contributed by atoms with van der Waals surface area (Å²) in [5.74, 6) is 0.370. The Morgan fingerprint density at radius 2 is 2.00 bits per heavy atom. The van der Waals surface area contributed by atoms with Crippen molar-refractivity contribution in [1.29, 1.82) is 0 Å². The van der Waals surface area contributed by atoms with Gasteiger partial charge in [-0.15, -0.1) is 0 Å². The lowest BCUT2D eigenvalue weighted by Crippen LogP contribution is -2.31. The van der Waals surface area contributed by atoms with Crippen LogP contribution in [0.1, 0.15) is 16.1 Å². The van der Waals surface area contributed by atoms with Gasteiger partial charge in [0, 0.05) is 36.1 Å². The Morgan fingerprint density at radius 1 is 1.17 bits per heavy atom. The van der Waals surface area contributed by atoms with Crippen molar-refractivity contribution in [3.63, 3.8) is 0 Å². The standard InChI is InChI=1S/C18H17N5O/c19-14-10-11(6-8-20-14)16-17(22-12-4-2-1-3-5-12)15-13(23-16)7-9-21-18(15)24/h1-6,8,10,22-23H,7,9H2,(H2,19,20)(H,21,24). The summed E-state index contributed by atoms with van der Waals surface area (Å²) in [5.41, 5.74) is 10.8. The topological polar surface area (TPSA) is 95.8 Å². The maximum atomic E-state index is 12.4. The molecule has 3 heterocycles. The number of benzene rings is 1. The van der Waals surface area contributed by atoms with E-state index in [1.54, 1.807) is 12.3 Å². The summed E-state index contributed by atoms with van der Waals surface area (Å²) in [7, 11) is 0. The van der Waals surface area contributed by atoms with E-state index < -0.39 is 0 Å². The summed E-state index contributed by atoms with van der Waals surface area (Å²) in [6.07, 6.45) is 2.43. The van der Waals surface area contributed by atoms with Gasteiger partial charge in [-0.05, 0) is 24.3 Å². The van der Waals surface area contributed by atoms with Crippen molar-refractivity contribution in [3.05, 3.63) is 59.9 Å². The maximum Gasteiger partial charge on any atom is 0.255 e. The Bertz CT molecular complexity index is 901. The second kappa shape index (κ2) is 5.73. The van der Waals surface area contributed by atoms with Crippen LogP contribution in [0, 0.1) is 0 Å². The minimum atomic E-state index is -0.0702. The predicted molar refractivity (Wildman–Crippen MR) is 94.2 cm³/mol. The van der Waals surface area contributed by atoms with E-state index in [0.717, 1.165) is 34.7 Å². The van der Waals surface area contributed by atoms with Gasteiger partial charge in [0.25, 0.3) is 5.91 Å². The number of hydrogen-bond acceptors (Lipinski definition) is 4. The zero-order valence-electron chi connectivity index (χ0n) is 13.0. The number of rotatable bonds is 3. The predicted octanol–water partition coefficient (Wildman–Crippen LogP) is 2.69. The number of carbonyl (C=O) groups excluding carboxylic acids is 1. The van der Waals surface area contributed by atoms with Crippen LogP contribution in [0.2, 0.25) is 0 Å². The third-order valence-corrected chi connectivity index (χ3v) is 4.08. The van der Waals surface area contributed by atoms with Crippen molar-refractivity contribution in [3.8, 4) is 11.3 Å². The lowest BCUT2D eigenvalue weighted by Gasteiger charge is -2.15. The molecule has 24 heavy (non-hydrogen) atoms. The van der Waals surface area contributed by atoms with Gasteiger partial charge in [0.05, 0.1) is 16.9 Å². The molecule has 6 heteroatoms. The Morgan fingerprint density at radius 3 is 2.79 bits per heavy atom. The molecule has 0 atom stereocenters. The van der Waals surface area contributed by atoms with Gasteiger partial charge in [0.1, 0.15) is 5.82 Å². The number of nitrogens with one attached hydrogen (secondary N) is 3. The number of amides is 1. The summed E-state index contributed by atoms with van der Waals surface area (Å²) in [6.45, 7) is 0.634. The number of fused-ring (bicyclic) bond motifs is 1. The smallest absolute Gasteiger partial charge is 0.255 e. The van der Waals surface area contributed by atoms with Crippen molar-refractivity contribution in [1.82, 2.24) is 15.3 Å². The molecule has 0 unspecified atom stereocenters. The van der Waals surface area contributed by atoms with Crippen LogP contribution in [-0.4, -0.2) is 22.4 Å². The molecule has 0 bridgehead atoms. The molecule has 2 aromatic heterocycles. The molecule has 0 spiro atoms.